The molecule has 0 saturated carbocycles. The summed E-state index contributed by atoms with van der Waals surface area (Å²) in [5.74, 6) is -0.358. The molecule has 1 aliphatic heterocycles. The Morgan fingerprint density at radius 2 is 2.07 bits per heavy atom. The highest BCUT2D eigenvalue weighted by atomic mass is 16.2. The number of hydrogen-bond acceptors (Lipinski definition) is 3. The molecule has 1 aromatic carbocycles. The standard InChI is InChI=1S/C23H26N4O2/c1-16-8-7-13-27-20(15-25-22(16)27)18(17-9-3-2-4-10-17)14-21(28)26-19-11-5-6-12-24-23(19)29/h2-4,7-10,13,15,18-19H,5-6,11-12,14H2,1H3,(H,24,29)(H,26,28). The van der Waals surface area contributed by atoms with Gasteiger partial charge >= 0.3 is 0 Å². The fraction of sp³-hybridized carbons (Fsp3) is 0.348. The molecule has 0 aliphatic carbocycles. The van der Waals surface area contributed by atoms with Gasteiger partial charge in [0.1, 0.15) is 11.7 Å². The first kappa shape index (κ1) is 19.2. The lowest BCUT2D eigenvalue weighted by Crippen LogP contribution is -2.45. The molecule has 2 N–H and O–H groups in total. The van der Waals surface area contributed by atoms with Crippen molar-refractivity contribution in [3.63, 3.8) is 0 Å². The van der Waals surface area contributed by atoms with Gasteiger partial charge in [-0.3, -0.25) is 9.59 Å². The molecule has 0 bridgehead atoms. The van der Waals surface area contributed by atoms with Crippen molar-refractivity contribution in [3.05, 3.63) is 71.7 Å². The van der Waals surface area contributed by atoms with Crippen molar-refractivity contribution in [3.8, 4) is 0 Å². The topological polar surface area (TPSA) is 75.5 Å². The molecular formula is C23H26N4O2. The van der Waals surface area contributed by atoms with Crippen molar-refractivity contribution in [2.75, 3.05) is 6.54 Å². The molecule has 2 unspecified atom stereocenters. The van der Waals surface area contributed by atoms with E-state index in [1.165, 1.54) is 0 Å². The van der Waals surface area contributed by atoms with Crippen LogP contribution in [0.15, 0.2) is 54.9 Å². The lowest BCUT2D eigenvalue weighted by Gasteiger charge is -2.20. The zero-order chi connectivity index (χ0) is 20.2. The predicted molar refractivity (Wildman–Crippen MR) is 112 cm³/mol. The maximum atomic E-state index is 12.9. The van der Waals surface area contributed by atoms with Gasteiger partial charge in [0, 0.05) is 31.3 Å². The average Bonchev–Trinajstić information content (AvgIpc) is 3.06. The van der Waals surface area contributed by atoms with Gasteiger partial charge in [0.15, 0.2) is 0 Å². The monoisotopic (exact) mass is 390 g/mol. The van der Waals surface area contributed by atoms with Crippen LogP contribution >= 0.6 is 0 Å². The van der Waals surface area contributed by atoms with Gasteiger partial charge in [-0.1, -0.05) is 36.4 Å². The minimum Gasteiger partial charge on any atom is -0.354 e. The van der Waals surface area contributed by atoms with Crippen LogP contribution < -0.4 is 10.6 Å². The Morgan fingerprint density at radius 1 is 1.24 bits per heavy atom. The fourth-order valence-electron chi connectivity index (χ4n) is 4.02. The molecule has 3 heterocycles. The Kier molecular flexibility index (Phi) is 5.60. The van der Waals surface area contributed by atoms with Crippen LogP contribution in [-0.2, 0) is 9.59 Å². The summed E-state index contributed by atoms with van der Waals surface area (Å²) in [5.41, 5.74) is 4.00. The second kappa shape index (κ2) is 8.47. The molecule has 6 nitrogen and oxygen atoms in total. The highest BCUT2D eigenvalue weighted by molar-refractivity contribution is 5.88. The molecule has 0 radical (unpaired) electrons. The molecule has 1 saturated heterocycles. The third-order valence-corrected chi connectivity index (χ3v) is 5.58. The van der Waals surface area contributed by atoms with Crippen LogP contribution in [0.2, 0.25) is 0 Å². The number of amides is 2. The van der Waals surface area contributed by atoms with Gasteiger partial charge in [-0.05, 0) is 43.4 Å². The van der Waals surface area contributed by atoms with E-state index in [1.807, 2.05) is 61.8 Å². The molecule has 6 heteroatoms. The predicted octanol–water partition coefficient (Wildman–Crippen LogP) is 2.95. The van der Waals surface area contributed by atoms with Gasteiger partial charge in [0.25, 0.3) is 0 Å². The summed E-state index contributed by atoms with van der Waals surface area (Å²) in [6.45, 7) is 2.71. The number of pyridine rings is 1. The van der Waals surface area contributed by atoms with Crippen molar-refractivity contribution in [1.29, 1.82) is 0 Å². The SMILES string of the molecule is Cc1cccn2c(C(CC(=O)NC3CCCCNC3=O)c3ccccc3)cnc12. The quantitative estimate of drug-likeness (QED) is 0.703. The van der Waals surface area contributed by atoms with E-state index in [1.54, 1.807) is 0 Å². The molecule has 4 rings (SSSR count). The highest BCUT2D eigenvalue weighted by Crippen LogP contribution is 2.29. The Bertz CT molecular complexity index is 1010. The molecule has 2 amide bonds. The molecule has 3 aromatic rings. The summed E-state index contributed by atoms with van der Waals surface area (Å²) < 4.78 is 2.05. The maximum absolute atomic E-state index is 12.9. The summed E-state index contributed by atoms with van der Waals surface area (Å²) in [4.78, 5) is 29.7. The number of fused-ring (bicyclic) bond motifs is 1. The Morgan fingerprint density at radius 3 is 2.90 bits per heavy atom. The highest BCUT2D eigenvalue weighted by Gasteiger charge is 2.26. The van der Waals surface area contributed by atoms with Gasteiger partial charge < -0.3 is 15.0 Å². The van der Waals surface area contributed by atoms with Gasteiger partial charge in [0.2, 0.25) is 11.8 Å². The number of carbonyl (C=O) groups is 2. The average molecular weight is 390 g/mol. The van der Waals surface area contributed by atoms with E-state index in [-0.39, 0.29) is 24.2 Å². The Hall–Kier alpha value is -3.15. The van der Waals surface area contributed by atoms with Crippen molar-refractivity contribution < 1.29 is 9.59 Å². The van der Waals surface area contributed by atoms with Gasteiger partial charge in [-0.15, -0.1) is 0 Å². The number of aromatic nitrogens is 2. The number of benzene rings is 1. The van der Waals surface area contributed by atoms with Crippen LogP contribution in [0, 0.1) is 6.92 Å². The number of nitrogens with zero attached hydrogens (tertiary/aromatic N) is 2. The molecule has 0 spiro atoms. The molecule has 150 valence electrons. The smallest absolute Gasteiger partial charge is 0.242 e. The molecular weight excluding hydrogens is 364 g/mol. The third-order valence-electron chi connectivity index (χ3n) is 5.58. The van der Waals surface area contributed by atoms with Gasteiger partial charge in [0.05, 0.1) is 5.69 Å². The third kappa shape index (κ3) is 4.16. The second-order valence-corrected chi connectivity index (χ2v) is 7.64. The van der Waals surface area contributed by atoms with E-state index >= 15 is 0 Å². The summed E-state index contributed by atoms with van der Waals surface area (Å²) in [7, 11) is 0. The van der Waals surface area contributed by atoms with Crippen molar-refractivity contribution in [2.24, 2.45) is 0 Å². The van der Waals surface area contributed by atoms with Crippen LogP contribution in [0.25, 0.3) is 5.65 Å². The molecule has 1 aliphatic rings. The first-order valence-electron chi connectivity index (χ1n) is 10.2. The Labute approximate surface area is 170 Å². The summed E-state index contributed by atoms with van der Waals surface area (Å²) in [6.07, 6.45) is 6.66. The molecule has 2 atom stereocenters. The number of imidazole rings is 1. The maximum Gasteiger partial charge on any atom is 0.242 e. The summed E-state index contributed by atoms with van der Waals surface area (Å²) >= 11 is 0. The van der Waals surface area contributed by atoms with E-state index in [4.69, 9.17) is 0 Å². The van der Waals surface area contributed by atoms with Crippen LogP contribution in [0.1, 0.15) is 48.4 Å². The van der Waals surface area contributed by atoms with Crippen molar-refractivity contribution in [1.82, 2.24) is 20.0 Å². The van der Waals surface area contributed by atoms with E-state index in [2.05, 4.69) is 20.0 Å². The number of hydrogen-bond donors (Lipinski definition) is 2. The van der Waals surface area contributed by atoms with Crippen molar-refractivity contribution >= 4 is 17.5 Å². The molecule has 1 fully saturated rings. The number of aryl methyl sites for hydroxylation is 1. The number of nitrogens with one attached hydrogen (secondary N) is 2. The van der Waals surface area contributed by atoms with E-state index in [0.717, 1.165) is 35.3 Å². The Balaban J connectivity index is 1.62. The lowest BCUT2D eigenvalue weighted by atomic mass is 9.92. The molecule has 29 heavy (non-hydrogen) atoms. The van der Waals surface area contributed by atoms with Crippen LogP contribution in [-0.4, -0.2) is 33.8 Å². The first-order chi connectivity index (χ1) is 14.1. The summed E-state index contributed by atoms with van der Waals surface area (Å²) in [5, 5.41) is 5.82. The first-order valence-corrected chi connectivity index (χ1v) is 10.2. The van der Waals surface area contributed by atoms with E-state index < -0.39 is 6.04 Å². The van der Waals surface area contributed by atoms with Crippen molar-refractivity contribution in [2.45, 2.75) is 44.6 Å². The lowest BCUT2D eigenvalue weighted by molar-refractivity contribution is -0.128. The minimum atomic E-state index is -0.453. The largest absolute Gasteiger partial charge is 0.354 e. The second-order valence-electron chi connectivity index (χ2n) is 7.64. The van der Waals surface area contributed by atoms with Gasteiger partial charge in [-0.25, -0.2) is 4.98 Å². The molecule has 2 aromatic heterocycles. The minimum absolute atomic E-state index is 0.0856. The van der Waals surface area contributed by atoms with Crippen LogP contribution in [0.4, 0.5) is 0 Å². The zero-order valence-corrected chi connectivity index (χ0v) is 16.6. The summed E-state index contributed by atoms with van der Waals surface area (Å²) in [6, 6.07) is 13.6. The van der Waals surface area contributed by atoms with E-state index in [9.17, 15) is 9.59 Å². The number of rotatable bonds is 5. The zero-order valence-electron chi connectivity index (χ0n) is 16.6. The van der Waals surface area contributed by atoms with Crippen LogP contribution in [0.5, 0.6) is 0 Å². The fourth-order valence-corrected chi connectivity index (χ4v) is 4.02. The van der Waals surface area contributed by atoms with Crippen LogP contribution in [0.3, 0.4) is 0 Å². The van der Waals surface area contributed by atoms with Gasteiger partial charge in [-0.2, -0.15) is 0 Å². The number of carbonyl (C=O) groups excluding carboxylic acids is 2. The normalized spacial score (nSPS) is 18.1. The van der Waals surface area contributed by atoms with E-state index in [0.29, 0.717) is 13.0 Å².